The molecule has 2 aromatic carbocycles. The van der Waals surface area contributed by atoms with Crippen molar-refractivity contribution in [3.8, 4) is 6.07 Å². The Morgan fingerprint density at radius 3 is 2.44 bits per heavy atom. The van der Waals surface area contributed by atoms with Crippen LogP contribution in [0.3, 0.4) is 0 Å². The molecule has 0 radical (unpaired) electrons. The zero-order chi connectivity index (χ0) is 22.5. The van der Waals surface area contributed by atoms with Gasteiger partial charge >= 0.3 is 0 Å². The Morgan fingerprint density at radius 2 is 1.78 bits per heavy atom. The van der Waals surface area contributed by atoms with Crippen molar-refractivity contribution in [3.05, 3.63) is 87.8 Å². The lowest BCUT2D eigenvalue weighted by Gasteiger charge is -2.34. The Kier molecular flexibility index (Phi) is 6.69. The highest BCUT2D eigenvalue weighted by Gasteiger charge is 2.22. The van der Waals surface area contributed by atoms with Crippen LogP contribution in [0.5, 0.6) is 0 Å². The SMILES string of the molecule is N#Cc1ccc(CN2CCN(C(=O)c3cccc(NC(=O)c4ccc(Br)o4)c3)CC2)cc1. The summed E-state index contributed by atoms with van der Waals surface area (Å²) >= 11 is 3.18. The number of halogens is 1. The molecular weight excluding hydrogens is 472 g/mol. The van der Waals surface area contributed by atoms with Crippen LogP contribution < -0.4 is 5.32 Å². The van der Waals surface area contributed by atoms with Crippen molar-refractivity contribution in [1.82, 2.24) is 9.80 Å². The van der Waals surface area contributed by atoms with E-state index in [9.17, 15) is 9.59 Å². The van der Waals surface area contributed by atoms with Crippen LogP contribution in [-0.4, -0.2) is 47.8 Å². The lowest BCUT2D eigenvalue weighted by atomic mass is 10.1. The Bertz CT molecular complexity index is 1160. The van der Waals surface area contributed by atoms with Crippen LogP contribution in [0, 0.1) is 11.3 Å². The number of anilines is 1. The van der Waals surface area contributed by atoms with Crippen LogP contribution in [0.1, 0.15) is 32.0 Å². The average molecular weight is 493 g/mol. The van der Waals surface area contributed by atoms with Gasteiger partial charge in [-0.3, -0.25) is 14.5 Å². The van der Waals surface area contributed by atoms with Crippen LogP contribution in [0.15, 0.2) is 69.8 Å². The first kappa shape index (κ1) is 21.8. The summed E-state index contributed by atoms with van der Waals surface area (Å²) < 4.78 is 5.74. The maximum atomic E-state index is 13.0. The first-order valence-corrected chi connectivity index (χ1v) is 11.0. The maximum Gasteiger partial charge on any atom is 0.291 e. The van der Waals surface area contributed by atoms with Gasteiger partial charge in [0.1, 0.15) is 0 Å². The standard InChI is InChI=1S/C24H21BrN4O3/c25-22-9-8-21(32-22)23(30)27-20-3-1-2-19(14-20)24(31)29-12-10-28(11-13-29)16-18-6-4-17(15-26)5-7-18/h1-9,14H,10-13,16H2,(H,27,30). The second kappa shape index (κ2) is 9.81. The lowest BCUT2D eigenvalue weighted by molar-refractivity contribution is 0.0628. The minimum Gasteiger partial charge on any atom is -0.444 e. The van der Waals surface area contributed by atoms with Gasteiger partial charge in [0.25, 0.3) is 11.8 Å². The second-order valence-corrected chi connectivity index (χ2v) is 8.30. The highest BCUT2D eigenvalue weighted by atomic mass is 79.9. The number of furan rings is 1. The summed E-state index contributed by atoms with van der Waals surface area (Å²) in [5, 5.41) is 11.7. The number of carbonyl (C=O) groups is 2. The predicted molar refractivity (Wildman–Crippen MR) is 123 cm³/mol. The van der Waals surface area contributed by atoms with Gasteiger partial charge in [-0.1, -0.05) is 18.2 Å². The molecule has 8 heteroatoms. The van der Waals surface area contributed by atoms with E-state index in [1.165, 1.54) is 0 Å². The number of nitriles is 1. The number of amides is 2. The largest absolute Gasteiger partial charge is 0.444 e. The third kappa shape index (κ3) is 5.25. The summed E-state index contributed by atoms with van der Waals surface area (Å²) in [6.07, 6.45) is 0. The predicted octanol–water partition coefficient (Wildman–Crippen LogP) is 4.12. The van der Waals surface area contributed by atoms with Crippen molar-refractivity contribution >= 4 is 33.4 Å². The van der Waals surface area contributed by atoms with Gasteiger partial charge in [0, 0.05) is 44.0 Å². The molecule has 1 fully saturated rings. The van der Waals surface area contributed by atoms with E-state index in [1.807, 2.05) is 29.2 Å². The van der Waals surface area contributed by atoms with E-state index < -0.39 is 0 Å². The number of piperazine rings is 1. The highest BCUT2D eigenvalue weighted by Crippen LogP contribution is 2.18. The number of rotatable bonds is 5. The highest BCUT2D eigenvalue weighted by molar-refractivity contribution is 9.10. The van der Waals surface area contributed by atoms with Gasteiger partial charge in [0.15, 0.2) is 10.4 Å². The van der Waals surface area contributed by atoms with E-state index in [2.05, 4.69) is 32.2 Å². The molecule has 162 valence electrons. The van der Waals surface area contributed by atoms with Crippen molar-refractivity contribution in [2.24, 2.45) is 0 Å². The van der Waals surface area contributed by atoms with Gasteiger partial charge in [-0.25, -0.2) is 0 Å². The third-order valence-electron chi connectivity index (χ3n) is 5.31. The monoisotopic (exact) mass is 492 g/mol. The quantitative estimate of drug-likeness (QED) is 0.578. The molecule has 0 spiro atoms. The Hall–Kier alpha value is -3.41. The Morgan fingerprint density at radius 1 is 1.03 bits per heavy atom. The Balaban J connectivity index is 1.33. The normalized spacial score (nSPS) is 14.1. The first-order chi connectivity index (χ1) is 15.5. The van der Waals surface area contributed by atoms with Crippen LogP contribution in [0.2, 0.25) is 0 Å². The number of hydrogen-bond donors (Lipinski definition) is 1. The number of nitrogens with one attached hydrogen (secondary N) is 1. The van der Waals surface area contributed by atoms with E-state index >= 15 is 0 Å². The molecule has 2 amide bonds. The summed E-state index contributed by atoms with van der Waals surface area (Å²) in [7, 11) is 0. The molecule has 1 aliphatic heterocycles. The summed E-state index contributed by atoms with van der Waals surface area (Å²) in [5.41, 5.74) is 2.87. The summed E-state index contributed by atoms with van der Waals surface area (Å²) in [6, 6.07) is 19.9. The lowest BCUT2D eigenvalue weighted by Crippen LogP contribution is -2.48. The molecule has 0 aliphatic carbocycles. The third-order valence-corrected chi connectivity index (χ3v) is 5.74. The summed E-state index contributed by atoms with van der Waals surface area (Å²) in [6.45, 7) is 3.60. The minimum absolute atomic E-state index is 0.0557. The topological polar surface area (TPSA) is 89.6 Å². The molecule has 32 heavy (non-hydrogen) atoms. The smallest absolute Gasteiger partial charge is 0.291 e. The van der Waals surface area contributed by atoms with E-state index in [1.54, 1.807) is 36.4 Å². The van der Waals surface area contributed by atoms with Gasteiger partial charge in [0.05, 0.1) is 11.6 Å². The van der Waals surface area contributed by atoms with Gasteiger partial charge < -0.3 is 14.6 Å². The zero-order valence-electron chi connectivity index (χ0n) is 17.3. The van der Waals surface area contributed by atoms with Crippen LogP contribution >= 0.6 is 15.9 Å². The number of carbonyl (C=O) groups excluding carboxylic acids is 2. The zero-order valence-corrected chi connectivity index (χ0v) is 18.8. The molecule has 1 N–H and O–H groups in total. The van der Waals surface area contributed by atoms with Gasteiger partial charge in [-0.15, -0.1) is 0 Å². The molecule has 3 aromatic rings. The molecule has 4 rings (SSSR count). The van der Waals surface area contributed by atoms with Crippen molar-refractivity contribution in [2.75, 3.05) is 31.5 Å². The molecule has 2 heterocycles. The molecule has 0 saturated carbocycles. The first-order valence-electron chi connectivity index (χ1n) is 10.2. The van der Waals surface area contributed by atoms with Gasteiger partial charge in [-0.2, -0.15) is 5.26 Å². The summed E-state index contributed by atoms with van der Waals surface area (Å²) in [4.78, 5) is 29.4. The fourth-order valence-corrected chi connectivity index (χ4v) is 3.90. The summed E-state index contributed by atoms with van der Waals surface area (Å²) in [5.74, 6) is -0.247. The molecule has 1 aromatic heterocycles. The van der Waals surface area contributed by atoms with Crippen molar-refractivity contribution < 1.29 is 14.0 Å². The Labute approximate surface area is 194 Å². The van der Waals surface area contributed by atoms with Crippen LogP contribution in [0.4, 0.5) is 5.69 Å². The van der Waals surface area contributed by atoms with E-state index in [4.69, 9.17) is 9.68 Å². The van der Waals surface area contributed by atoms with Crippen molar-refractivity contribution in [3.63, 3.8) is 0 Å². The van der Waals surface area contributed by atoms with Crippen molar-refractivity contribution in [1.29, 1.82) is 5.26 Å². The number of benzene rings is 2. The minimum atomic E-state index is -0.378. The van der Waals surface area contributed by atoms with Gasteiger partial charge in [0.2, 0.25) is 0 Å². The maximum absolute atomic E-state index is 13.0. The number of hydrogen-bond acceptors (Lipinski definition) is 5. The van der Waals surface area contributed by atoms with E-state index in [-0.39, 0.29) is 17.6 Å². The second-order valence-electron chi connectivity index (χ2n) is 7.52. The fraction of sp³-hybridized carbons (Fsp3) is 0.208. The molecule has 0 bridgehead atoms. The van der Waals surface area contributed by atoms with E-state index in [0.717, 1.165) is 25.2 Å². The van der Waals surface area contributed by atoms with E-state index in [0.29, 0.717) is 34.6 Å². The molecule has 0 unspecified atom stereocenters. The fourth-order valence-electron chi connectivity index (χ4n) is 3.59. The van der Waals surface area contributed by atoms with Crippen molar-refractivity contribution in [2.45, 2.75) is 6.54 Å². The molecular formula is C24H21BrN4O3. The average Bonchev–Trinajstić information content (AvgIpc) is 3.26. The number of nitrogens with zero attached hydrogens (tertiary/aromatic N) is 3. The van der Waals surface area contributed by atoms with Crippen LogP contribution in [-0.2, 0) is 6.54 Å². The van der Waals surface area contributed by atoms with Crippen LogP contribution in [0.25, 0.3) is 0 Å². The molecule has 1 aliphatic rings. The molecule has 0 atom stereocenters. The molecule has 7 nitrogen and oxygen atoms in total. The molecule has 1 saturated heterocycles. The van der Waals surface area contributed by atoms with Gasteiger partial charge in [-0.05, 0) is 64.0 Å².